The highest BCUT2D eigenvalue weighted by Gasteiger charge is 2.55. The number of carbonyl (C=O) groups excluding carboxylic acids is 1. The van der Waals surface area contributed by atoms with Crippen molar-refractivity contribution in [3.8, 4) is 0 Å². The minimum absolute atomic E-state index is 0.0944. The average molecular weight is 282 g/mol. The van der Waals surface area contributed by atoms with Crippen LogP contribution in [-0.4, -0.2) is 31.9 Å². The average Bonchev–Trinajstić information content (AvgIpc) is 2.68. The van der Waals surface area contributed by atoms with E-state index in [1.54, 1.807) is 6.92 Å². The van der Waals surface area contributed by atoms with Gasteiger partial charge in [0.2, 0.25) is 0 Å². The molecule has 2 aliphatic heterocycles. The normalized spacial score (nSPS) is 41.6. The van der Waals surface area contributed by atoms with Gasteiger partial charge in [0.25, 0.3) is 0 Å². The van der Waals surface area contributed by atoms with Crippen LogP contribution in [0.2, 0.25) is 19.6 Å². The van der Waals surface area contributed by atoms with Crippen molar-refractivity contribution in [1.29, 1.82) is 0 Å². The lowest BCUT2D eigenvalue weighted by Crippen LogP contribution is -2.60. The van der Waals surface area contributed by atoms with Gasteiger partial charge in [0, 0.05) is 18.3 Å². The third kappa shape index (κ3) is 2.71. The topological polar surface area (TPSA) is 35.5 Å². The molecule has 0 aromatic heterocycles. The first-order chi connectivity index (χ1) is 8.66. The summed E-state index contributed by atoms with van der Waals surface area (Å²) in [6, 6.07) is 0. The van der Waals surface area contributed by atoms with E-state index in [1.165, 1.54) is 0 Å². The van der Waals surface area contributed by atoms with E-state index >= 15 is 0 Å². The molecule has 0 N–H and O–H groups in total. The van der Waals surface area contributed by atoms with Crippen LogP contribution in [0.25, 0.3) is 0 Å². The Hall–Kier alpha value is -0.453. The molecule has 5 atom stereocenters. The Kier molecular flexibility index (Phi) is 3.80. The highest BCUT2D eigenvalue weighted by molar-refractivity contribution is 6.69. The van der Waals surface area contributed by atoms with Crippen LogP contribution in [-0.2, 0) is 14.0 Å². The van der Waals surface area contributed by atoms with Crippen LogP contribution in [0.15, 0.2) is 12.2 Å². The quantitative estimate of drug-likeness (QED) is 0.587. The van der Waals surface area contributed by atoms with E-state index in [-0.39, 0.29) is 35.4 Å². The van der Waals surface area contributed by atoms with Gasteiger partial charge in [-0.15, -0.1) is 0 Å². The van der Waals surface area contributed by atoms with Crippen LogP contribution in [0.4, 0.5) is 0 Å². The van der Waals surface area contributed by atoms with E-state index in [9.17, 15) is 4.79 Å². The van der Waals surface area contributed by atoms with Crippen LogP contribution < -0.4 is 0 Å². The molecule has 0 aromatic carbocycles. The molecular weight excluding hydrogens is 256 g/mol. The largest absolute Gasteiger partial charge is 0.411 e. The minimum atomic E-state index is -1.73. The Balaban J connectivity index is 2.38. The molecule has 2 aliphatic rings. The van der Waals surface area contributed by atoms with Gasteiger partial charge in [-0.25, -0.2) is 0 Å². The molecule has 2 heterocycles. The van der Waals surface area contributed by atoms with Gasteiger partial charge in [0.05, 0.1) is 17.8 Å². The smallest absolute Gasteiger partial charge is 0.184 e. The van der Waals surface area contributed by atoms with E-state index in [0.29, 0.717) is 6.42 Å². The Labute approximate surface area is 117 Å². The fourth-order valence-corrected chi connectivity index (χ4v) is 5.12. The van der Waals surface area contributed by atoms with Gasteiger partial charge < -0.3 is 9.16 Å². The summed E-state index contributed by atoms with van der Waals surface area (Å²) >= 11 is 0. The SMILES string of the molecule is CC(=O)CC1(O[Si](C)(C)C)[C@H](C)[C@@H]2C=C[C@@H](O2)[C@H]1C. The van der Waals surface area contributed by atoms with Crippen LogP contribution in [0.3, 0.4) is 0 Å². The zero-order chi connectivity index (χ0) is 14.4. The lowest BCUT2D eigenvalue weighted by atomic mass is 9.71. The number of carbonyl (C=O) groups is 1. The second kappa shape index (κ2) is 4.83. The van der Waals surface area contributed by atoms with Crippen molar-refractivity contribution in [3.05, 3.63) is 12.2 Å². The summed E-state index contributed by atoms with van der Waals surface area (Å²) in [5.74, 6) is 0.638. The van der Waals surface area contributed by atoms with Crippen LogP contribution >= 0.6 is 0 Å². The molecule has 3 nitrogen and oxygen atoms in total. The summed E-state index contributed by atoms with van der Waals surface area (Å²) in [6.07, 6.45) is 4.97. The molecule has 0 amide bonds. The summed E-state index contributed by atoms with van der Waals surface area (Å²) in [6.45, 7) is 12.6. The van der Waals surface area contributed by atoms with Gasteiger partial charge in [-0.1, -0.05) is 26.0 Å². The van der Waals surface area contributed by atoms with Crippen molar-refractivity contribution in [2.75, 3.05) is 0 Å². The number of hydrogen-bond acceptors (Lipinski definition) is 3. The highest BCUT2D eigenvalue weighted by atomic mass is 28.4. The molecule has 1 saturated heterocycles. The van der Waals surface area contributed by atoms with Crippen molar-refractivity contribution in [1.82, 2.24) is 0 Å². The zero-order valence-electron chi connectivity index (χ0n) is 12.9. The highest BCUT2D eigenvalue weighted by Crippen LogP contribution is 2.48. The molecule has 2 bridgehead atoms. The third-order valence-electron chi connectivity index (χ3n) is 4.35. The molecule has 0 radical (unpaired) electrons. The number of fused-ring (bicyclic) bond motifs is 2. The third-order valence-corrected chi connectivity index (χ3v) is 5.35. The van der Waals surface area contributed by atoms with E-state index < -0.39 is 8.32 Å². The Morgan fingerprint density at radius 3 is 2.05 bits per heavy atom. The predicted octanol–water partition coefficient (Wildman–Crippen LogP) is 3.17. The van der Waals surface area contributed by atoms with Gasteiger partial charge >= 0.3 is 0 Å². The van der Waals surface area contributed by atoms with Crippen molar-refractivity contribution in [3.63, 3.8) is 0 Å². The van der Waals surface area contributed by atoms with Crippen LogP contribution in [0.5, 0.6) is 0 Å². The molecule has 1 unspecified atom stereocenters. The second-order valence-corrected chi connectivity index (χ2v) is 11.5. The van der Waals surface area contributed by atoms with E-state index in [1.807, 2.05) is 0 Å². The summed E-state index contributed by atoms with van der Waals surface area (Å²) in [7, 11) is -1.73. The lowest BCUT2D eigenvalue weighted by molar-refractivity contribution is -0.176. The maximum Gasteiger partial charge on any atom is 0.184 e. The number of hydrogen-bond donors (Lipinski definition) is 0. The first-order valence-corrected chi connectivity index (χ1v) is 10.6. The monoisotopic (exact) mass is 282 g/mol. The molecule has 0 spiro atoms. The molecule has 19 heavy (non-hydrogen) atoms. The molecule has 108 valence electrons. The summed E-state index contributed by atoms with van der Waals surface area (Å²) < 4.78 is 12.6. The molecule has 2 rings (SSSR count). The van der Waals surface area contributed by atoms with Gasteiger partial charge in [-0.3, -0.25) is 4.79 Å². The Bertz CT molecular complexity index is 379. The van der Waals surface area contributed by atoms with E-state index in [4.69, 9.17) is 9.16 Å². The number of rotatable bonds is 4. The van der Waals surface area contributed by atoms with E-state index in [0.717, 1.165) is 0 Å². The van der Waals surface area contributed by atoms with Crippen molar-refractivity contribution < 1.29 is 14.0 Å². The van der Waals surface area contributed by atoms with Crippen LogP contribution in [0.1, 0.15) is 27.2 Å². The van der Waals surface area contributed by atoms with Gasteiger partial charge in [0.1, 0.15) is 5.78 Å². The summed E-state index contributed by atoms with van der Waals surface area (Å²) in [5, 5.41) is 0. The van der Waals surface area contributed by atoms with Gasteiger partial charge in [-0.2, -0.15) is 0 Å². The molecule has 0 aliphatic carbocycles. The minimum Gasteiger partial charge on any atom is -0.411 e. The van der Waals surface area contributed by atoms with Crippen molar-refractivity contribution in [2.45, 2.75) is 64.6 Å². The van der Waals surface area contributed by atoms with Gasteiger partial charge in [-0.05, 0) is 26.6 Å². The first-order valence-electron chi connectivity index (χ1n) is 7.19. The van der Waals surface area contributed by atoms with Gasteiger partial charge in [0.15, 0.2) is 8.32 Å². The number of ketones is 1. The van der Waals surface area contributed by atoms with Crippen LogP contribution in [0, 0.1) is 11.8 Å². The van der Waals surface area contributed by atoms with Crippen molar-refractivity contribution >= 4 is 14.1 Å². The molecule has 0 saturated carbocycles. The summed E-state index contributed by atoms with van der Waals surface area (Å²) in [5.41, 5.74) is -0.368. The summed E-state index contributed by atoms with van der Waals surface area (Å²) in [4.78, 5) is 11.8. The molecule has 4 heteroatoms. The molecule has 1 fully saturated rings. The molecule has 0 aromatic rings. The number of ether oxygens (including phenoxy) is 1. The second-order valence-electron chi connectivity index (χ2n) is 7.08. The fraction of sp³-hybridized carbons (Fsp3) is 0.800. The first kappa shape index (κ1) is 14.9. The molecular formula is C15H26O3Si. The fourth-order valence-electron chi connectivity index (χ4n) is 3.53. The standard InChI is InChI=1S/C15H26O3Si/c1-10(16)9-15(18-19(4,5)6)11(2)13-7-8-14(17-13)12(15)3/h7-8,11-14H,9H2,1-6H3/t11-,12-,13-,14+,15?/m1/s1. The Morgan fingerprint density at radius 2 is 1.68 bits per heavy atom. The maximum atomic E-state index is 11.8. The van der Waals surface area contributed by atoms with Crippen molar-refractivity contribution in [2.24, 2.45) is 11.8 Å². The number of Topliss-reactive ketones (excluding diaryl/α,β-unsaturated/α-hetero) is 1. The Morgan fingerprint density at radius 1 is 1.21 bits per heavy atom. The zero-order valence-corrected chi connectivity index (χ0v) is 13.9. The predicted molar refractivity (Wildman–Crippen MR) is 78.6 cm³/mol. The van der Waals surface area contributed by atoms with E-state index in [2.05, 4.69) is 45.6 Å². The lowest BCUT2D eigenvalue weighted by Gasteiger charge is -2.52. The maximum absolute atomic E-state index is 11.8.